The molecule has 0 amide bonds. The molecule has 0 aliphatic carbocycles. The van der Waals surface area contributed by atoms with Gasteiger partial charge in [0.25, 0.3) is 0 Å². The van der Waals surface area contributed by atoms with Gasteiger partial charge in [0.15, 0.2) is 0 Å². The molecule has 0 aliphatic rings. The Balaban J connectivity index is 2.17. The summed E-state index contributed by atoms with van der Waals surface area (Å²) in [5.74, 6) is -1.68. The summed E-state index contributed by atoms with van der Waals surface area (Å²) in [5.41, 5.74) is 0.199. The van der Waals surface area contributed by atoms with E-state index in [1.807, 2.05) is 30.3 Å². The molecule has 1 aromatic heterocycles. The summed E-state index contributed by atoms with van der Waals surface area (Å²) in [7, 11) is 0. The number of nitrogens with zero attached hydrogens (tertiary/aromatic N) is 1. The van der Waals surface area contributed by atoms with E-state index in [9.17, 15) is 22.0 Å². The van der Waals surface area contributed by atoms with Gasteiger partial charge < -0.3 is 4.74 Å². The normalized spacial score (nSPS) is 13.6. The van der Waals surface area contributed by atoms with Crippen molar-refractivity contribution >= 4 is 11.6 Å². The van der Waals surface area contributed by atoms with Crippen molar-refractivity contribution < 1.29 is 26.7 Å². The Kier molecular flexibility index (Phi) is 6.65. The van der Waals surface area contributed by atoms with Gasteiger partial charge in [-0.2, -0.15) is 17.6 Å². The van der Waals surface area contributed by atoms with E-state index in [1.165, 1.54) is 12.3 Å². The van der Waals surface area contributed by atoms with E-state index in [2.05, 4.69) is 16.3 Å². The Morgan fingerprint density at radius 3 is 2.35 bits per heavy atom. The number of hydrogen-bond donors (Lipinski definition) is 0. The van der Waals surface area contributed by atoms with Crippen LogP contribution in [0.3, 0.4) is 0 Å². The maximum atomic E-state index is 14.4. The average Bonchev–Trinajstić information content (AvgIpc) is 2.72. The van der Waals surface area contributed by atoms with Crippen molar-refractivity contribution in [3.05, 3.63) is 107 Å². The molecule has 0 radical (unpaired) electrons. The van der Waals surface area contributed by atoms with Crippen LogP contribution in [0.2, 0.25) is 5.02 Å². The number of benzene rings is 2. The van der Waals surface area contributed by atoms with E-state index in [0.717, 1.165) is 17.7 Å². The van der Waals surface area contributed by atoms with Gasteiger partial charge in [-0.1, -0.05) is 48.0 Å². The third-order valence-electron chi connectivity index (χ3n) is 4.75. The molecule has 2 aromatic carbocycles. The molecule has 0 unspecified atom stereocenters. The first-order valence-electron chi connectivity index (χ1n) is 9.12. The number of ether oxygens (including phenoxy) is 1. The number of halogens is 6. The molecule has 0 N–H and O–H groups in total. The summed E-state index contributed by atoms with van der Waals surface area (Å²) >= 11 is 5.94. The van der Waals surface area contributed by atoms with E-state index in [1.54, 1.807) is 12.1 Å². The number of aromatic nitrogens is 1. The molecule has 8 heteroatoms. The predicted octanol–water partition coefficient (Wildman–Crippen LogP) is 6.83. The molecule has 0 saturated carbocycles. The zero-order valence-electron chi connectivity index (χ0n) is 16.0. The lowest BCUT2D eigenvalue weighted by Gasteiger charge is -2.32. The van der Waals surface area contributed by atoms with Crippen molar-refractivity contribution in [1.29, 1.82) is 0 Å². The molecule has 0 bridgehead atoms. The Morgan fingerprint density at radius 1 is 1.06 bits per heavy atom. The molecule has 3 rings (SSSR count). The molecular weight excluding hydrogens is 437 g/mol. The summed E-state index contributed by atoms with van der Waals surface area (Å²) in [4.78, 5) is 4.32. The summed E-state index contributed by atoms with van der Waals surface area (Å²) in [6.07, 6.45) is -5.73. The van der Waals surface area contributed by atoms with Crippen molar-refractivity contribution in [2.75, 3.05) is 0 Å². The fourth-order valence-corrected chi connectivity index (χ4v) is 3.39. The molecule has 0 saturated heterocycles. The third-order valence-corrected chi connectivity index (χ3v) is 4.98. The second-order valence-electron chi connectivity index (χ2n) is 6.84. The van der Waals surface area contributed by atoms with Crippen LogP contribution in [-0.2, 0) is 11.8 Å². The smallest absolute Gasteiger partial charge is 0.428 e. The van der Waals surface area contributed by atoms with Gasteiger partial charge in [0.1, 0.15) is 11.6 Å². The van der Waals surface area contributed by atoms with Gasteiger partial charge in [0.05, 0.1) is 16.1 Å². The first-order chi connectivity index (χ1) is 14.7. The fraction of sp³-hybridized carbons (Fsp3) is 0.174. The molecule has 0 fully saturated rings. The van der Waals surface area contributed by atoms with Crippen molar-refractivity contribution in [2.24, 2.45) is 0 Å². The highest BCUT2D eigenvalue weighted by molar-refractivity contribution is 6.30. The Morgan fingerprint density at radius 2 is 1.77 bits per heavy atom. The third kappa shape index (κ3) is 5.05. The van der Waals surface area contributed by atoms with Gasteiger partial charge in [-0.15, -0.1) is 6.58 Å². The number of pyridine rings is 1. The topological polar surface area (TPSA) is 22.1 Å². The number of allylic oxidation sites excluding steroid dienone is 1. The maximum Gasteiger partial charge on any atom is 0.461 e. The highest BCUT2D eigenvalue weighted by Gasteiger charge is 2.44. The van der Waals surface area contributed by atoms with Gasteiger partial charge in [0, 0.05) is 12.3 Å². The summed E-state index contributed by atoms with van der Waals surface area (Å²) in [5, 5.41) is 0.362. The van der Waals surface area contributed by atoms with Crippen LogP contribution in [0.4, 0.5) is 22.0 Å². The summed E-state index contributed by atoms with van der Waals surface area (Å²) < 4.78 is 70.6. The largest absolute Gasteiger partial charge is 0.461 e. The molecular formula is C23H17ClF5NO. The van der Waals surface area contributed by atoms with Crippen molar-refractivity contribution in [2.45, 2.75) is 24.4 Å². The molecule has 1 atom stereocenters. The van der Waals surface area contributed by atoms with E-state index in [0.29, 0.717) is 16.8 Å². The predicted molar refractivity (Wildman–Crippen MR) is 108 cm³/mol. The quantitative estimate of drug-likeness (QED) is 0.275. The molecule has 0 aliphatic heterocycles. The zero-order valence-corrected chi connectivity index (χ0v) is 16.8. The minimum absolute atomic E-state index is 0.154. The van der Waals surface area contributed by atoms with Gasteiger partial charge in [0.2, 0.25) is 0 Å². The van der Waals surface area contributed by atoms with Crippen molar-refractivity contribution in [3.8, 4) is 5.75 Å². The fourth-order valence-electron chi connectivity index (χ4n) is 3.27. The Labute approximate surface area is 181 Å². The number of alkyl halides is 4. The van der Waals surface area contributed by atoms with Crippen LogP contribution in [-0.4, -0.2) is 17.5 Å². The molecule has 162 valence electrons. The maximum absolute atomic E-state index is 14.4. The molecule has 3 aromatic rings. The van der Waals surface area contributed by atoms with E-state index in [4.69, 9.17) is 11.6 Å². The molecule has 2 nitrogen and oxygen atoms in total. The van der Waals surface area contributed by atoms with E-state index < -0.39 is 29.5 Å². The van der Waals surface area contributed by atoms with Crippen LogP contribution in [0, 0.1) is 5.82 Å². The van der Waals surface area contributed by atoms with Crippen LogP contribution in [0.15, 0.2) is 79.5 Å². The van der Waals surface area contributed by atoms with Crippen LogP contribution >= 0.6 is 11.6 Å². The van der Waals surface area contributed by atoms with E-state index in [-0.39, 0.29) is 12.0 Å². The minimum Gasteiger partial charge on any atom is -0.428 e. The lowest BCUT2D eigenvalue weighted by Crippen LogP contribution is -2.34. The number of hydrogen-bond acceptors (Lipinski definition) is 2. The van der Waals surface area contributed by atoms with Crippen LogP contribution < -0.4 is 4.74 Å². The Bertz CT molecular complexity index is 1040. The lowest BCUT2D eigenvalue weighted by atomic mass is 9.72. The SMILES string of the molecule is C=C[C@](Cc1ccccc1)(c1cc(F)cc(OC(F)(F)C(F)F)c1)c1ccc(Cl)cn1. The summed E-state index contributed by atoms with van der Waals surface area (Å²) in [6.45, 7) is 3.86. The van der Waals surface area contributed by atoms with Crippen LogP contribution in [0.1, 0.15) is 16.8 Å². The second-order valence-corrected chi connectivity index (χ2v) is 7.28. The van der Waals surface area contributed by atoms with Gasteiger partial charge in [-0.25, -0.2) is 4.39 Å². The van der Waals surface area contributed by atoms with Gasteiger partial charge in [-0.3, -0.25) is 4.98 Å². The Hall–Kier alpha value is -2.93. The molecule has 0 spiro atoms. The minimum atomic E-state index is -4.78. The second kappa shape index (κ2) is 9.06. The average molecular weight is 454 g/mol. The monoisotopic (exact) mass is 453 g/mol. The van der Waals surface area contributed by atoms with Crippen molar-refractivity contribution in [3.63, 3.8) is 0 Å². The van der Waals surface area contributed by atoms with E-state index >= 15 is 0 Å². The first kappa shape index (κ1) is 22.7. The van der Waals surface area contributed by atoms with Crippen LogP contribution in [0.5, 0.6) is 5.75 Å². The standard InChI is InChI=1S/C23H17ClF5NO/c1-2-22(13-15-6-4-3-5-7-15,20-9-8-17(24)14-30-20)16-10-18(25)12-19(11-16)31-23(28,29)21(26)27/h2-12,14,21H,1,13H2/t22-/m0/s1. The van der Waals surface area contributed by atoms with Gasteiger partial charge >= 0.3 is 12.5 Å². The lowest BCUT2D eigenvalue weighted by molar-refractivity contribution is -0.253. The summed E-state index contributed by atoms with van der Waals surface area (Å²) in [6, 6.07) is 15.1. The molecule has 31 heavy (non-hydrogen) atoms. The van der Waals surface area contributed by atoms with Crippen LogP contribution in [0.25, 0.3) is 0 Å². The van der Waals surface area contributed by atoms with Crippen molar-refractivity contribution in [1.82, 2.24) is 4.98 Å². The zero-order chi connectivity index (χ0) is 22.6. The first-order valence-corrected chi connectivity index (χ1v) is 9.50. The highest BCUT2D eigenvalue weighted by Crippen LogP contribution is 2.39. The highest BCUT2D eigenvalue weighted by atomic mass is 35.5. The molecule has 1 heterocycles. The number of rotatable bonds is 8. The van der Waals surface area contributed by atoms with Gasteiger partial charge in [-0.05, 0) is 41.8 Å².